The van der Waals surface area contributed by atoms with Crippen molar-refractivity contribution >= 4 is 21.6 Å². The lowest BCUT2D eigenvalue weighted by molar-refractivity contribution is -0.0302. The molecule has 0 spiro atoms. The summed E-state index contributed by atoms with van der Waals surface area (Å²) in [5, 5.41) is 0. The van der Waals surface area contributed by atoms with Gasteiger partial charge in [0.25, 0.3) is 0 Å². The number of aryl methyl sites for hydroxylation is 1. The third-order valence-corrected chi connectivity index (χ3v) is 5.75. The Balaban J connectivity index is 0.00000484. The SMILES string of the molecule is C#CC(C)(C)CC(C)(C)OCCSSc1ccc(CC)cc1.[HH]. The predicted molar refractivity (Wildman–Crippen MR) is 104 cm³/mol. The van der Waals surface area contributed by atoms with E-state index in [2.05, 4.69) is 64.8 Å². The third-order valence-electron chi connectivity index (χ3n) is 3.40. The molecular weight excluding hydrogens is 308 g/mol. The first-order valence-corrected chi connectivity index (χ1v) is 10.1. The quantitative estimate of drug-likeness (QED) is 0.307. The molecule has 0 bridgehead atoms. The zero-order valence-corrected chi connectivity index (χ0v) is 16.1. The third kappa shape index (κ3) is 7.63. The van der Waals surface area contributed by atoms with Crippen molar-refractivity contribution in [3.63, 3.8) is 0 Å². The summed E-state index contributed by atoms with van der Waals surface area (Å²) in [6.45, 7) is 11.3. The maximum Gasteiger partial charge on any atom is 0.0641 e. The minimum Gasteiger partial charge on any atom is -0.375 e. The van der Waals surface area contributed by atoms with Gasteiger partial charge in [-0.15, -0.1) is 12.3 Å². The van der Waals surface area contributed by atoms with Gasteiger partial charge in [0.2, 0.25) is 0 Å². The van der Waals surface area contributed by atoms with Gasteiger partial charge < -0.3 is 4.74 Å². The number of hydrogen-bond donors (Lipinski definition) is 0. The van der Waals surface area contributed by atoms with E-state index in [0.29, 0.717) is 0 Å². The molecule has 0 heterocycles. The van der Waals surface area contributed by atoms with Crippen molar-refractivity contribution in [2.24, 2.45) is 5.41 Å². The molecule has 0 aromatic heterocycles. The van der Waals surface area contributed by atoms with Crippen LogP contribution in [0.5, 0.6) is 0 Å². The first-order chi connectivity index (χ1) is 10.3. The zero-order chi connectivity index (χ0) is 16.6. The van der Waals surface area contributed by atoms with Crippen LogP contribution in [0.25, 0.3) is 0 Å². The van der Waals surface area contributed by atoms with Crippen LogP contribution in [-0.4, -0.2) is 18.0 Å². The van der Waals surface area contributed by atoms with Gasteiger partial charge in [0.05, 0.1) is 12.2 Å². The van der Waals surface area contributed by atoms with Gasteiger partial charge in [0.15, 0.2) is 0 Å². The summed E-state index contributed by atoms with van der Waals surface area (Å²) in [7, 11) is 3.65. The summed E-state index contributed by atoms with van der Waals surface area (Å²) in [5.74, 6) is 3.81. The Morgan fingerprint density at radius 1 is 1.18 bits per heavy atom. The second kappa shape index (κ2) is 8.91. The largest absolute Gasteiger partial charge is 0.375 e. The molecule has 0 atom stereocenters. The van der Waals surface area contributed by atoms with Gasteiger partial charge in [0.1, 0.15) is 0 Å². The summed E-state index contributed by atoms with van der Waals surface area (Å²) in [4.78, 5) is 1.30. The standard InChI is InChI=1S/C19H28OS2.H2/c1-7-16-9-11-17(12-10-16)22-21-14-13-20-19(5,6)15-18(3,4)8-2;/h2,9-12H,7,13-15H2,1,3-6H3;1H. The average molecular weight is 339 g/mol. The van der Waals surface area contributed by atoms with Crippen LogP contribution in [0.1, 0.15) is 48.0 Å². The fourth-order valence-corrected chi connectivity index (χ4v) is 4.22. The van der Waals surface area contributed by atoms with Crippen LogP contribution in [0.2, 0.25) is 0 Å². The molecule has 1 aromatic carbocycles. The highest BCUT2D eigenvalue weighted by atomic mass is 33.1. The monoisotopic (exact) mass is 338 g/mol. The highest BCUT2D eigenvalue weighted by Crippen LogP contribution is 2.32. The maximum atomic E-state index is 6.01. The van der Waals surface area contributed by atoms with Crippen molar-refractivity contribution in [3.05, 3.63) is 29.8 Å². The van der Waals surface area contributed by atoms with E-state index in [1.807, 2.05) is 21.6 Å². The molecule has 3 heteroatoms. The van der Waals surface area contributed by atoms with Gasteiger partial charge in [-0.3, -0.25) is 0 Å². The second-order valence-corrected chi connectivity index (χ2v) is 9.21. The molecule has 124 valence electrons. The molecule has 22 heavy (non-hydrogen) atoms. The Kier molecular flexibility index (Phi) is 7.89. The highest BCUT2D eigenvalue weighted by Gasteiger charge is 2.27. The maximum absolute atomic E-state index is 6.01. The van der Waals surface area contributed by atoms with Crippen molar-refractivity contribution in [2.75, 3.05) is 12.4 Å². The molecule has 0 saturated heterocycles. The molecule has 0 aliphatic carbocycles. The summed E-state index contributed by atoms with van der Waals surface area (Å²) >= 11 is 0. The van der Waals surface area contributed by atoms with E-state index in [-0.39, 0.29) is 12.4 Å². The van der Waals surface area contributed by atoms with Gasteiger partial charge in [-0.1, -0.05) is 40.6 Å². The van der Waals surface area contributed by atoms with Crippen LogP contribution in [0.4, 0.5) is 0 Å². The Morgan fingerprint density at radius 2 is 1.82 bits per heavy atom. The minimum atomic E-state index is -0.177. The lowest BCUT2D eigenvalue weighted by atomic mass is 9.82. The first kappa shape index (κ1) is 19.5. The molecule has 0 aliphatic heterocycles. The van der Waals surface area contributed by atoms with Crippen LogP contribution in [0, 0.1) is 17.8 Å². The highest BCUT2D eigenvalue weighted by molar-refractivity contribution is 8.76. The van der Waals surface area contributed by atoms with Gasteiger partial charge in [0, 0.05) is 17.5 Å². The summed E-state index contributed by atoms with van der Waals surface area (Å²) in [5.41, 5.74) is 1.09. The average Bonchev–Trinajstić information content (AvgIpc) is 2.46. The Labute approximate surface area is 145 Å². The van der Waals surface area contributed by atoms with Crippen LogP contribution in [-0.2, 0) is 11.2 Å². The van der Waals surface area contributed by atoms with Crippen molar-refractivity contribution in [1.29, 1.82) is 0 Å². The van der Waals surface area contributed by atoms with Gasteiger partial charge in [-0.25, -0.2) is 0 Å². The summed E-state index contributed by atoms with van der Waals surface area (Å²) < 4.78 is 6.01. The number of ether oxygens (including phenoxy) is 1. The predicted octanol–water partition coefficient (Wildman–Crippen LogP) is 6.08. The Bertz CT molecular complexity index is 489. The molecule has 0 saturated carbocycles. The van der Waals surface area contributed by atoms with Gasteiger partial charge in [-0.2, -0.15) is 0 Å². The molecule has 0 aliphatic rings. The number of terminal acetylenes is 1. The van der Waals surface area contributed by atoms with Crippen molar-refractivity contribution in [2.45, 2.75) is 58.0 Å². The topological polar surface area (TPSA) is 9.23 Å². The van der Waals surface area contributed by atoms with E-state index < -0.39 is 0 Å². The lowest BCUT2D eigenvalue weighted by Crippen LogP contribution is -2.31. The molecule has 1 nitrogen and oxygen atoms in total. The fraction of sp³-hybridized carbons (Fsp3) is 0.579. The molecule has 1 aromatic rings. The van der Waals surface area contributed by atoms with E-state index in [0.717, 1.165) is 25.2 Å². The number of benzene rings is 1. The Morgan fingerprint density at radius 3 is 2.36 bits per heavy atom. The van der Waals surface area contributed by atoms with Crippen LogP contribution in [0.3, 0.4) is 0 Å². The molecule has 0 amide bonds. The molecule has 0 radical (unpaired) electrons. The van der Waals surface area contributed by atoms with E-state index in [1.165, 1.54) is 10.5 Å². The van der Waals surface area contributed by atoms with E-state index in [9.17, 15) is 0 Å². The number of hydrogen-bond acceptors (Lipinski definition) is 3. The molecule has 0 N–H and O–H groups in total. The van der Waals surface area contributed by atoms with E-state index >= 15 is 0 Å². The van der Waals surface area contributed by atoms with Crippen molar-refractivity contribution in [1.82, 2.24) is 0 Å². The number of rotatable bonds is 9. The van der Waals surface area contributed by atoms with Crippen molar-refractivity contribution in [3.8, 4) is 12.3 Å². The lowest BCUT2D eigenvalue weighted by Gasteiger charge is -2.31. The van der Waals surface area contributed by atoms with Gasteiger partial charge in [-0.05, 0) is 58.2 Å². The van der Waals surface area contributed by atoms with E-state index in [1.54, 1.807) is 0 Å². The molecule has 0 fully saturated rings. The van der Waals surface area contributed by atoms with Crippen LogP contribution >= 0.6 is 21.6 Å². The summed E-state index contributed by atoms with van der Waals surface area (Å²) in [6, 6.07) is 8.78. The zero-order valence-electron chi connectivity index (χ0n) is 14.4. The summed E-state index contributed by atoms with van der Waals surface area (Å²) in [6.07, 6.45) is 7.52. The smallest absolute Gasteiger partial charge is 0.0641 e. The fourth-order valence-electron chi connectivity index (χ4n) is 2.41. The van der Waals surface area contributed by atoms with Crippen LogP contribution in [0.15, 0.2) is 29.2 Å². The minimum absolute atomic E-state index is 0. The molecular formula is C19H30OS2. The van der Waals surface area contributed by atoms with Gasteiger partial charge >= 0.3 is 0 Å². The second-order valence-electron chi connectivity index (χ2n) is 6.72. The molecule has 1 rings (SSSR count). The van der Waals surface area contributed by atoms with Crippen LogP contribution < -0.4 is 0 Å². The first-order valence-electron chi connectivity index (χ1n) is 7.78. The normalized spacial score (nSPS) is 12.2. The van der Waals surface area contributed by atoms with E-state index in [4.69, 9.17) is 11.2 Å². The Hall–Kier alpha value is -0.560. The molecule has 0 unspecified atom stereocenters. The van der Waals surface area contributed by atoms with Crippen molar-refractivity contribution < 1.29 is 6.16 Å².